The molecule has 2 amide bonds. The van der Waals surface area contributed by atoms with Gasteiger partial charge in [0.05, 0.1) is 36.6 Å². The van der Waals surface area contributed by atoms with E-state index in [4.69, 9.17) is 37.6 Å². The highest BCUT2D eigenvalue weighted by Gasteiger charge is 2.62. The first-order valence-electron chi connectivity index (χ1n) is 23.0. The van der Waals surface area contributed by atoms with Crippen molar-refractivity contribution < 1.29 is 56.7 Å². The van der Waals surface area contributed by atoms with Crippen LogP contribution in [-0.4, -0.2) is 110 Å². The number of rotatable bonds is 12. The van der Waals surface area contributed by atoms with Gasteiger partial charge in [-0.2, -0.15) is 0 Å². The molecule has 0 aliphatic carbocycles. The standard InChI is InChI=1S/C25H38BNO6.C19H25NO4.C6H12BO2.CH4/c1-22(2)23(3,4)33-26(32-22)16-11-14-24(5)15-17-27(25(24,6)20(28)30-7)21(29)31-18-19-12-9-8-10-13-19;1-5-11-18(2)12-13-20(19(18,3)16(21)23-4)17(22)24-14-15-9-7-6-8-10-15;1-5(2)6(3,4)9-7-8-5;/h8-10,12-13H,11,14-18H2,1-7H3;5-10H,1,11-14H2,2-4H3;1-4H3;1H4/t24-,25-;18-,19-;;/m11../s1. The van der Waals surface area contributed by atoms with E-state index in [0.717, 1.165) is 30.3 Å². The van der Waals surface area contributed by atoms with Crippen molar-refractivity contribution in [3.8, 4) is 0 Å². The molecule has 4 fully saturated rings. The van der Waals surface area contributed by atoms with Gasteiger partial charge in [0.1, 0.15) is 24.3 Å². The Balaban J connectivity index is 0.000000305. The monoisotopic (exact) mass is 934 g/mol. The van der Waals surface area contributed by atoms with E-state index in [2.05, 4.69) is 13.5 Å². The quantitative estimate of drug-likeness (QED) is 0.0863. The third-order valence-corrected chi connectivity index (χ3v) is 15.4. The molecule has 14 nitrogen and oxygen atoms in total. The summed E-state index contributed by atoms with van der Waals surface area (Å²) in [6, 6.07) is 19.0. The number of amides is 2. The first kappa shape index (κ1) is 57.0. The van der Waals surface area contributed by atoms with Crippen LogP contribution in [0.4, 0.5) is 9.59 Å². The number of hydrogen-bond acceptors (Lipinski definition) is 12. The number of likely N-dealkylation sites (tertiary alicyclic amines) is 2. The van der Waals surface area contributed by atoms with Gasteiger partial charge in [0, 0.05) is 23.9 Å². The summed E-state index contributed by atoms with van der Waals surface area (Å²) in [6.45, 7) is 28.8. The van der Waals surface area contributed by atoms with Crippen LogP contribution < -0.4 is 0 Å². The fourth-order valence-corrected chi connectivity index (χ4v) is 8.83. The lowest BCUT2D eigenvalue weighted by Gasteiger charge is -2.42. The molecule has 0 unspecified atom stereocenters. The fourth-order valence-electron chi connectivity index (χ4n) is 8.83. The Kier molecular flexibility index (Phi) is 19.0. The second-order valence-corrected chi connectivity index (χ2v) is 20.6. The van der Waals surface area contributed by atoms with Crippen LogP contribution >= 0.6 is 0 Å². The van der Waals surface area contributed by atoms with E-state index in [0.29, 0.717) is 32.4 Å². The summed E-state index contributed by atoms with van der Waals surface area (Å²) in [7, 11) is 3.84. The van der Waals surface area contributed by atoms with Crippen molar-refractivity contribution in [3.05, 3.63) is 84.4 Å². The van der Waals surface area contributed by atoms with Crippen molar-refractivity contribution in [3.63, 3.8) is 0 Å². The van der Waals surface area contributed by atoms with E-state index in [9.17, 15) is 19.2 Å². The van der Waals surface area contributed by atoms with Crippen LogP contribution in [0.5, 0.6) is 0 Å². The van der Waals surface area contributed by atoms with E-state index >= 15 is 0 Å². The van der Waals surface area contributed by atoms with Crippen LogP contribution in [0.25, 0.3) is 0 Å². The van der Waals surface area contributed by atoms with Gasteiger partial charge in [-0.05, 0) is 112 Å². The van der Waals surface area contributed by atoms with Crippen LogP contribution in [0.1, 0.15) is 134 Å². The molecule has 16 heteroatoms. The Morgan fingerprint density at radius 1 is 0.642 bits per heavy atom. The molecule has 0 N–H and O–H groups in total. The third-order valence-electron chi connectivity index (χ3n) is 15.4. The van der Waals surface area contributed by atoms with E-state index < -0.39 is 46.0 Å². The van der Waals surface area contributed by atoms with Crippen molar-refractivity contribution in [1.29, 1.82) is 0 Å². The van der Waals surface area contributed by atoms with E-state index in [1.807, 2.05) is 123 Å². The number of hydrogen-bond donors (Lipinski definition) is 0. The second-order valence-electron chi connectivity index (χ2n) is 20.6. The number of carbonyl (C=O) groups is 4. The third kappa shape index (κ3) is 12.1. The molecule has 2 aromatic carbocycles. The molecule has 0 saturated carbocycles. The molecular formula is C51H79B2N2O12. The smallest absolute Gasteiger partial charge is 0.467 e. The highest BCUT2D eigenvalue weighted by molar-refractivity contribution is 6.45. The Morgan fingerprint density at radius 3 is 1.39 bits per heavy atom. The van der Waals surface area contributed by atoms with Crippen molar-refractivity contribution >= 4 is 38.9 Å². The summed E-state index contributed by atoms with van der Waals surface area (Å²) in [4.78, 5) is 54.2. The van der Waals surface area contributed by atoms with E-state index in [-0.39, 0.29) is 50.2 Å². The van der Waals surface area contributed by atoms with Gasteiger partial charge >= 0.3 is 38.9 Å². The molecule has 4 aliphatic rings. The highest BCUT2D eigenvalue weighted by atomic mass is 16.7. The highest BCUT2D eigenvalue weighted by Crippen LogP contribution is 2.51. The Bertz CT molecular complexity index is 1950. The SMILES string of the molecule is C.C=CC[C@]1(C)CCN(C(=O)OCc2ccccc2)[C@]1(C)C(=O)OC.CC1(C)O[B]OC1(C)C.COC(=O)[C@@]1(C)N(C(=O)OCc2ccccc2)CC[C@@]1(C)CCCB1OC(C)(C)C(C)(C)O1. The topological polar surface area (TPSA) is 149 Å². The van der Waals surface area contributed by atoms with Gasteiger partial charge in [0.15, 0.2) is 0 Å². The zero-order chi connectivity index (χ0) is 49.4. The van der Waals surface area contributed by atoms with Gasteiger partial charge in [-0.1, -0.05) is 94.4 Å². The maximum atomic E-state index is 13.0. The summed E-state index contributed by atoms with van der Waals surface area (Å²) in [5, 5.41) is 0. The summed E-state index contributed by atoms with van der Waals surface area (Å²) < 4.78 is 43.8. The molecule has 6 rings (SSSR count). The van der Waals surface area contributed by atoms with Crippen molar-refractivity contribution in [2.75, 3.05) is 27.3 Å². The minimum atomic E-state index is -1.12. The number of methoxy groups -OCH3 is 2. The van der Waals surface area contributed by atoms with Gasteiger partial charge in [-0.15, -0.1) is 6.58 Å². The minimum absolute atomic E-state index is 0. The molecule has 67 heavy (non-hydrogen) atoms. The molecule has 371 valence electrons. The number of ether oxygens (including phenoxy) is 4. The van der Waals surface area contributed by atoms with Crippen LogP contribution in [-0.2, 0) is 60.4 Å². The molecule has 2 aromatic rings. The Hall–Kier alpha value is -4.37. The van der Waals surface area contributed by atoms with Crippen LogP contribution in [0, 0.1) is 10.8 Å². The van der Waals surface area contributed by atoms with Gasteiger partial charge in [0.2, 0.25) is 0 Å². The summed E-state index contributed by atoms with van der Waals surface area (Å²) in [5.41, 5.74) is -2.41. The van der Waals surface area contributed by atoms with Crippen molar-refractivity contribution in [1.82, 2.24) is 9.80 Å². The number of esters is 2. The fraction of sp³-hybridized carbons (Fsp3) is 0.647. The average molecular weight is 934 g/mol. The molecule has 4 atom stereocenters. The lowest BCUT2D eigenvalue weighted by atomic mass is 9.67. The van der Waals surface area contributed by atoms with Crippen molar-refractivity contribution in [2.24, 2.45) is 10.8 Å². The lowest BCUT2D eigenvalue weighted by Crippen LogP contribution is -2.58. The molecule has 0 spiro atoms. The van der Waals surface area contributed by atoms with Crippen LogP contribution in [0.15, 0.2) is 73.3 Å². The van der Waals surface area contributed by atoms with E-state index in [1.54, 1.807) is 19.9 Å². The molecular weight excluding hydrogens is 854 g/mol. The zero-order valence-corrected chi connectivity index (χ0v) is 42.1. The Morgan fingerprint density at radius 2 is 1.03 bits per heavy atom. The molecule has 0 bridgehead atoms. The van der Waals surface area contributed by atoms with E-state index in [1.165, 1.54) is 31.7 Å². The Labute approximate surface area is 402 Å². The van der Waals surface area contributed by atoms with Gasteiger partial charge < -0.3 is 37.6 Å². The summed E-state index contributed by atoms with van der Waals surface area (Å²) in [5.74, 6) is -0.851. The molecule has 4 aliphatic heterocycles. The number of nitrogens with zero attached hydrogens (tertiary/aromatic N) is 2. The molecule has 0 aromatic heterocycles. The predicted molar refractivity (Wildman–Crippen MR) is 261 cm³/mol. The normalized spacial score (nSPS) is 27.2. The van der Waals surface area contributed by atoms with Crippen LogP contribution in [0.2, 0.25) is 6.32 Å². The summed E-state index contributed by atoms with van der Waals surface area (Å²) >= 11 is 0. The maximum Gasteiger partial charge on any atom is 0.488 e. The number of benzene rings is 2. The number of carbonyl (C=O) groups excluding carboxylic acids is 4. The minimum Gasteiger partial charge on any atom is -0.467 e. The lowest BCUT2D eigenvalue weighted by molar-refractivity contribution is -0.158. The van der Waals surface area contributed by atoms with Gasteiger partial charge in [-0.25, -0.2) is 19.2 Å². The first-order chi connectivity index (χ1) is 30.7. The van der Waals surface area contributed by atoms with Crippen molar-refractivity contribution in [2.45, 2.75) is 176 Å². The molecule has 4 heterocycles. The molecule has 4 saturated heterocycles. The average Bonchev–Trinajstić information content (AvgIpc) is 3.87. The second kappa shape index (κ2) is 22.4. The first-order valence-corrected chi connectivity index (χ1v) is 23.0. The largest absolute Gasteiger partial charge is 0.488 e. The number of allylic oxidation sites excluding steroid dienone is 1. The van der Waals surface area contributed by atoms with Gasteiger partial charge in [0.25, 0.3) is 0 Å². The predicted octanol–water partition coefficient (Wildman–Crippen LogP) is 10.1. The maximum absolute atomic E-state index is 13.0. The van der Waals surface area contributed by atoms with Gasteiger partial charge in [-0.3, -0.25) is 9.80 Å². The summed E-state index contributed by atoms with van der Waals surface area (Å²) in [6.07, 6.45) is 5.01. The zero-order valence-electron chi connectivity index (χ0n) is 42.1. The molecule has 1 radical (unpaired) electrons. The van der Waals surface area contributed by atoms with Crippen LogP contribution in [0.3, 0.4) is 0 Å².